The third-order valence-electron chi connectivity index (χ3n) is 5.24. The van der Waals surface area contributed by atoms with E-state index in [1.165, 1.54) is 43.5 Å². The number of ether oxygens (including phenoxy) is 1. The van der Waals surface area contributed by atoms with E-state index in [1.807, 2.05) is 0 Å². The van der Waals surface area contributed by atoms with E-state index in [2.05, 4.69) is 15.9 Å². The van der Waals surface area contributed by atoms with Crippen molar-refractivity contribution in [2.75, 3.05) is 7.11 Å². The Morgan fingerprint density at radius 2 is 1.82 bits per heavy atom. The van der Waals surface area contributed by atoms with Gasteiger partial charge in [0.25, 0.3) is 16.8 Å². The van der Waals surface area contributed by atoms with Crippen LogP contribution in [0.15, 0.2) is 74.9 Å². The number of hydrogen-bond acceptors (Lipinski definition) is 9. The molecule has 2 amide bonds. The van der Waals surface area contributed by atoms with E-state index in [-0.39, 0.29) is 43.6 Å². The number of halogens is 2. The largest absolute Gasteiger partial charge is 0.493 e. The summed E-state index contributed by atoms with van der Waals surface area (Å²) in [6.45, 7) is -0.227. The summed E-state index contributed by atoms with van der Waals surface area (Å²) in [5, 5.41) is 10.3. The number of nitro benzene ring substituents is 1. The van der Waals surface area contributed by atoms with Gasteiger partial charge in [0.05, 0.1) is 28.0 Å². The summed E-state index contributed by atoms with van der Waals surface area (Å²) in [6, 6.07) is 12.8. The quantitative estimate of drug-likeness (QED) is 0.138. The average Bonchev–Trinajstić information content (AvgIpc) is 3.14. The molecule has 0 spiro atoms. The maximum Gasteiger partial charge on any atom is 0.339 e. The van der Waals surface area contributed by atoms with Crippen molar-refractivity contribution in [2.45, 2.75) is 11.4 Å². The zero-order valence-electron chi connectivity index (χ0n) is 19.3. The highest BCUT2D eigenvalue weighted by Crippen LogP contribution is 2.40. The first-order chi connectivity index (χ1) is 18.0. The molecule has 0 aromatic heterocycles. The van der Waals surface area contributed by atoms with Crippen LogP contribution >= 0.6 is 27.7 Å². The first-order valence-electron chi connectivity index (χ1n) is 10.6. The highest BCUT2D eigenvalue weighted by molar-refractivity contribution is 9.10. The Morgan fingerprint density at radius 1 is 1.13 bits per heavy atom. The van der Waals surface area contributed by atoms with Gasteiger partial charge in [-0.05, 0) is 69.7 Å². The van der Waals surface area contributed by atoms with E-state index < -0.39 is 32.0 Å². The van der Waals surface area contributed by atoms with Gasteiger partial charge in [-0.1, -0.05) is 18.2 Å². The van der Waals surface area contributed by atoms with Gasteiger partial charge >= 0.3 is 10.1 Å². The lowest BCUT2D eigenvalue weighted by atomic mass is 10.1. The second-order valence-corrected chi connectivity index (χ2v) is 11.1. The summed E-state index contributed by atoms with van der Waals surface area (Å²) in [6.07, 6.45) is 1.41. The molecule has 1 fully saturated rings. The zero-order chi connectivity index (χ0) is 27.6. The molecule has 0 bridgehead atoms. The lowest BCUT2D eigenvalue weighted by Gasteiger charge is -2.14. The second-order valence-electron chi connectivity index (χ2n) is 7.68. The molecule has 0 unspecified atom stereocenters. The van der Waals surface area contributed by atoms with Crippen molar-refractivity contribution < 1.29 is 36.2 Å². The van der Waals surface area contributed by atoms with Crippen molar-refractivity contribution in [3.8, 4) is 11.5 Å². The molecule has 3 aromatic rings. The van der Waals surface area contributed by atoms with Crippen LogP contribution in [0, 0.1) is 15.9 Å². The molecule has 14 heteroatoms. The van der Waals surface area contributed by atoms with Crippen LogP contribution in [0.3, 0.4) is 0 Å². The Balaban J connectivity index is 1.59. The van der Waals surface area contributed by atoms with Crippen LogP contribution in [-0.4, -0.2) is 36.5 Å². The average molecular weight is 623 g/mol. The molecule has 0 aliphatic carbocycles. The number of rotatable bonds is 8. The number of carbonyl (C=O) groups is 2. The molecule has 3 aromatic carbocycles. The van der Waals surface area contributed by atoms with Gasteiger partial charge < -0.3 is 8.92 Å². The molecule has 1 saturated heterocycles. The lowest BCUT2D eigenvalue weighted by molar-refractivity contribution is -0.384. The molecular weight excluding hydrogens is 607 g/mol. The first kappa shape index (κ1) is 27.3. The number of benzene rings is 3. The van der Waals surface area contributed by atoms with Crippen molar-refractivity contribution in [3.63, 3.8) is 0 Å². The third-order valence-corrected chi connectivity index (χ3v) is 7.97. The number of thioether (sulfide) groups is 1. The Kier molecular flexibility index (Phi) is 7.85. The number of nitrogens with zero attached hydrogens (tertiary/aromatic N) is 2. The molecular formula is C24H16BrFN2O8S2. The number of methoxy groups -OCH3 is 1. The van der Waals surface area contributed by atoms with Gasteiger partial charge in [0, 0.05) is 17.7 Å². The van der Waals surface area contributed by atoms with E-state index in [0.717, 1.165) is 29.2 Å². The summed E-state index contributed by atoms with van der Waals surface area (Å²) in [4.78, 5) is 36.2. The Bertz CT molecular complexity index is 1590. The Hall–Kier alpha value is -3.75. The van der Waals surface area contributed by atoms with Gasteiger partial charge in [-0.25, -0.2) is 4.39 Å². The van der Waals surface area contributed by atoms with Crippen molar-refractivity contribution in [1.82, 2.24) is 4.90 Å². The summed E-state index contributed by atoms with van der Waals surface area (Å²) in [7, 11) is -3.11. The summed E-state index contributed by atoms with van der Waals surface area (Å²) >= 11 is 3.92. The molecule has 196 valence electrons. The molecule has 38 heavy (non-hydrogen) atoms. The van der Waals surface area contributed by atoms with Crippen molar-refractivity contribution in [1.29, 1.82) is 0 Å². The fraction of sp³-hybridized carbons (Fsp3) is 0.0833. The van der Waals surface area contributed by atoms with E-state index in [0.29, 0.717) is 17.3 Å². The maximum atomic E-state index is 14.0. The molecule has 4 rings (SSSR count). The molecule has 0 saturated carbocycles. The molecule has 1 aliphatic heterocycles. The van der Waals surface area contributed by atoms with Gasteiger partial charge in [0.1, 0.15) is 10.7 Å². The molecule has 0 radical (unpaired) electrons. The van der Waals surface area contributed by atoms with E-state index in [9.17, 15) is 32.5 Å². The molecule has 0 N–H and O–H groups in total. The lowest BCUT2D eigenvalue weighted by Crippen LogP contribution is -2.27. The molecule has 10 nitrogen and oxygen atoms in total. The van der Waals surface area contributed by atoms with Crippen LogP contribution in [0.4, 0.5) is 14.9 Å². The Morgan fingerprint density at radius 3 is 2.45 bits per heavy atom. The Labute approximate surface area is 228 Å². The predicted octanol–water partition coefficient (Wildman–Crippen LogP) is 5.51. The number of non-ortho nitro benzene ring substituents is 1. The summed E-state index contributed by atoms with van der Waals surface area (Å²) in [5.41, 5.74) is 0.284. The molecule has 1 aliphatic rings. The fourth-order valence-electron chi connectivity index (χ4n) is 3.38. The van der Waals surface area contributed by atoms with Gasteiger partial charge in [-0.2, -0.15) is 8.42 Å². The number of hydrogen-bond donors (Lipinski definition) is 0. The van der Waals surface area contributed by atoms with Gasteiger partial charge in [-0.3, -0.25) is 24.6 Å². The van der Waals surface area contributed by atoms with Crippen molar-refractivity contribution in [2.24, 2.45) is 0 Å². The smallest absolute Gasteiger partial charge is 0.339 e. The van der Waals surface area contributed by atoms with E-state index in [4.69, 9.17) is 8.92 Å². The van der Waals surface area contributed by atoms with Gasteiger partial charge in [0.15, 0.2) is 11.5 Å². The topological polar surface area (TPSA) is 133 Å². The zero-order valence-corrected chi connectivity index (χ0v) is 22.5. The summed E-state index contributed by atoms with van der Waals surface area (Å²) in [5.74, 6) is -1.36. The van der Waals surface area contributed by atoms with Crippen LogP contribution in [0.1, 0.15) is 11.1 Å². The standard InChI is InChI=1S/C24H16BrFN2O8S2/c1-35-20-11-14(12-21-23(29)27(24(30)37-21)13-15-4-2-3-5-19(15)26)10-18(25)22(20)36-38(33,34)17-8-6-16(7-9-17)28(31)32/h2-12H,13H2,1H3/b21-12-. The first-order valence-corrected chi connectivity index (χ1v) is 13.6. The third kappa shape index (κ3) is 5.71. The van der Waals surface area contributed by atoms with Gasteiger partial charge in [-0.15, -0.1) is 0 Å². The highest BCUT2D eigenvalue weighted by Gasteiger charge is 2.35. The fourth-order valence-corrected chi connectivity index (χ4v) is 5.82. The predicted molar refractivity (Wildman–Crippen MR) is 140 cm³/mol. The molecule has 1 heterocycles. The minimum absolute atomic E-state index is 0.0123. The number of nitro groups is 1. The number of carbonyl (C=O) groups excluding carboxylic acids is 2. The normalized spacial score (nSPS) is 14.7. The highest BCUT2D eigenvalue weighted by atomic mass is 79.9. The minimum Gasteiger partial charge on any atom is -0.493 e. The minimum atomic E-state index is -4.39. The van der Waals surface area contributed by atoms with E-state index >= 15 is 0 Å². The van der Waals surface area contributed by atoms with Crippen LogP contribution in [0.2, 0.25) is 0 Å². The maximum absolute atomic E-state index is 14.0. The monoisotopic (exact) mass is 622 g/mol. The van der Waals surface area contributed by atoms with E-state index in [1.54, 1.807) is 6.07 Å². The van der Waals surface area contributed by atoms with Crippen LogP contribution in [0.5, 0.6) is 11.5 Å². The molecule has 0 atom stereocenters. The van der Waals surface area contributed by atoms with Crippen LogP contribution in [0.25, 0.3) is 6.08 Å². The number of imide groups is 1. The summed E-state index contributed by atoms with van der Waals surface area (Å²) < 4.78 is 50.2. The number of amides is 2. The van der Waals surface area contributed by atoms with Crippen LogP contribution in [-0.2, 0) is 21.5 Å². The van der Waals surface area contributed by atoms with Crippen molar-refractivity contribution in [3.05, 3.63) is 97.1 Å². The van der Waals surface area contributed by atoms with Crippen molar-refractivity contribution >= 4 is 60.7 Å². The van der Waals surface area contributed by atoms with Crippen LogP contribution < -0.4 is 8.92 Å². The second kappa shape index (κ2) is 10.9. The van der Waals surface area contributed by atoms with Gasteiger partial charge in [0.2, 0.25) is 0 Å². The SMILES string of the molecule is COc1cc(/C=C2\SC(=O)N(Cc3ccccc3F)C2=O)cc(Br)c1OS(=O)(=O)c1ccc([N+](=O)[O-])cc1.